The molecule has 33 heavy (non-hydrogen) atoms. The van der Waals surface area contributed by atoms with Crippen LogP contribution in [-0.2, 0) is 0 Å². The zero-order valence-corrected chi connectivity index (χ0v) is 23.3. The molecule has 0 saturated heterocycles. The largest absolute Gasteiger partial charge is 0.317 e. The first-order valence-electron chi connectivity index (χ1n) is 16.1. The zero-order chi connectivity index (χ0) is 23.5. The van der Waals surface area contributed by atoms with Crippen LogP contribution in [0.1, 0.15) is 187 Å². The van der Waals surface area contributed by atoms with E-state index in [2.05, 4.69) is 12.2 Å². The molecular formula is C32H65N. The first-order valence-corrected chi connectivity index (χ1v) is 16.1. The highest BCUT2D eigenvalue weighted by molar-refractivity contribution is 4.63. The zero-order valence-electron chi connectivity index (χ0n) is 23.3. The van der Waals surface area contributed by atoms with Gasteiger partial charge < -0.3 is 5.32 Å². The van der Waals surface area contributed by atoms with Gasteiger partial charge in [-0.3, -0.25) is 0 Å². The highest BCUT2D eigenvalue weighted by atomic mass is 14.8. The fraction of sp³-hybridized carbons (Fsp3) is 1.00. The van der Waals surface area contributed by atoms with Crippen LogP contribution in [-0.4, -0.2) is 13.1 Å². The van der Waals surface area contributed by atoms with Gasteiger partial charge in [0.15, 0.2) is 0 Å². The van der Waals surface area contributed by atoms with E-state index >= 15 is 0 Å². The topological polar surface area (TPSA) is 12.0 Å². The molecule has 1 fully saturated rings. The molecule has 1 heteroatoms. The molecule has 0 unspecified atom stereocenters. The van der Waals surface area contributed by atoms with Gasteiger partial charge >= 0.3 is 0 Å². The van der Waals surface area contributed by atoms with Gasteiger partial charge in [0, 0.05) is 0 Å². The van der Waals surface area contributed by atoms with Crippen molar-refractivity contribution >= 4 is 0 Å². The van der Waals surface area contributed by atoms with E-state index in [0.717, 1.165) is 5.92 Å². The van der Waals surface area contributed by atoms with Crippen LogP contribution in [0.4, 0.5) is 0 Å². The molecule has 1 nitrogen and oxygen atoms in total. The summed E-state index contributed by atoms with van der Waals surface area (Å²) in [5, 5.41) is 3.64. The van der Waals surface area contributed by atoms with E-state index < -0.39 is 0 Å². The third kappa shape index (κ3) is 23.5. The Balaban J connectivity index is 1.91. The Labute approximate surface area is 211 Å². The van der Waals surface area contributed by atoms with Crippen molar-refractivity contribution in [3.8, 4) is 0 Å². The quantitative estimate of drug-likeness (QED) is 0.211. The number of hydrogen-bond acceptors (Lipinski definition) is 1. The number of hydrogen-bond donors (Lipinski definition) is 1. The molecular weight excluding hydrogens is 398 g/mol. The Morgan fingerprint density at radius 2 is 0.788 bits per heavy atom. The smallest absolute Gasteiger partial charge is 0.00489 e. The van der Waals surface area contributed by atoms with Gasteiger partial charge in [0.25, 0.3) is 0 Å². The average molecular weight is 464 g/mol. The van der Waals surface area contributed by atoms with Crippen molar-refractivity contribution in [3.63, 3.8) is 0 Å². The summed E-state index contributed by atoms with van der Waals surface area (Å²) in [5.74, 6) is 1.05. The molecule has 0 amide bonds. The van der Waals surface area contributed by atoms with E-state index in [4.69, 9.17) is 0 Å². The molecule has 0 bridgehead atoms. The lowest BCUT2D eigenvalue weighted by molar-refractivity contribution is 0.366. The minimum atomic E-state index is 1.05. The Morgan fingerprint density at radius 3 is 1.24 bits per heavy atom. The second kappa shape index (κ2) is 26.6. The van der Waals surface area contributed by atoms with Gasteiger partial charge in [-0.2, -0.15) is 0 Å². The molecule has 0 heterocycles. The Bertz CT molecular complexity index is 336. The van der Waals surface area contributed by atoms with Crippen LogP contribution in [0.25, 0.3) is 0 Å². The number of rotatable bonds is 17. The number of unbranched alkanes of at least 4 members (excludes halogenated alkanes) is 11. The summed E-state index contributed by atoms with van der Waals surface area (Å²) in [5.41, 5.74) is 0. The molecule has 0 atom stereocenters. The lowest BCUT2D eigenvalue weighted by Gasteiger charge is -2.17. The van der Waals surface area contributed by atoms with Crippen LogP contribution in [0.3, 0.4) is 0 Å². The summed E-state index contributed by atoms with van der Waals surface area (Å²) >= 11 is 0. The van der Waals surface area contributed by atoms with Crippen molar-refractivity contribution in [2.45, 2.75) is 187 Å². The van der Waals surface area contributed by atoms with Crippen LogP contribution in [0.15, 0.2) is 0 Å². The van der Waals surface area contributed by atoms with Crippen molar-refractivity contribution < 1.29 is 0 Å². The normalized spacial score (nSPS) is 18.1. The maximum Gasteiger partial charge on any atom is -0.00489 e. The molecule has 1 aliphatic carbocycles. The van der Waals surface area contributed by atoms with Crippen molar-refractivity contribution in [2.24, 2.45) is 5.92 Å². The lowest BCUT2D eigenvalue weighted by atomic mass is 9.89. The first-order chi connectivity index (χ1) is 16.4. The highest BCUT2D eigenvalue weighted by Gasteiger charge is 2.09. The maximum absolute atomic E-state index is 3.64. The molecule has 198 valence electrons. The second-order valence-electron chi connectivity index (χ2n) is 11.5. The van der Waals surface area contributed by atoms with E-state index in [0.29, 0.717) is 0 Å². The summed E-state index contributed by atoms with van der Waals surface area (Å²) in [6.07, 6.45) is 41.4. The van der Waals surface area contributed by atoms with Crippen LogP contribution >= 0.6 is 0 Å². The van der Waals surface area contributed by atoms with E-state index in [1.807, 2.05) is 0 Å². The van der Waals surface area contributed by atoms with Crippen molar-refractivity contribution in [1.82, 2.24) is 5.32 Å². The molecule has 0 aromatic carbocycles. The van der Waals surface area contributed by atoms with Gasteiger partial charge in [0.05, 0.1) is 0 Å². The molecule has 1 N–H and O–H groups in total. The average Bonchev–Trinajstić information content (AvgIpc) is 2.84. The van der Waals surface area contributed by atoms with E-state index in [1.54, 1.807) is 0 Å². The highest BCUT2D eigenvalue weighted by Crippen LogP contribution is 2.25. The minimum absolute atomic E-state index is 1.05. The SMILES string of the molecule is CCCCCCCNCCCCCCCCCCC1CCCCCCCCCCCCCC1. The fourth-order valence-electron chi connectivity index (χ4n) is 5.79. The Kier molecular flexibility index (Phi) is 24.9. The molecule has 0 aromatic rings. The van der Waals surface area contributed by atoms with Crippen LogP contribution in [0.2, 0.25) is 0 Å². The number of nitrogens with one attached hydrogen (secondary N) is 1. The van der Waals surface area contributed by atoms with Gasteiger partial charge in [-0.15, -0.1) is 0 Å². The van der Waals surface area contributed by atoms with Crippen molar-refractivity contribution in [2.75, 3.05) is 13.1 Å². The minimum Gasteiger partial charge on any atom is -0.317 e. The maximum atomic E-state index is 3.64. The van der Waals surface area contributed by atoms with Gasteiger partial charge in [-0.25, -0.2) is 0 Å². The van der Waals surface area contributed by atoms with E-state index in [9.17, 15) is 0 Å². The Morgan fingerprint density at radius 1 is 0.424 bits per heavy atom. The second-order valence-corrected chi connectivity index (χ2v) is 11.5. The molecule has 1 saturated carbocycles. The molecule has 0 aliphatic heterocycles. The predicted octanol–water partition coefficient (Wildman–Crippen LogP) is 11.1. The summed E-state index contributed by atoms with van der Waals surface area (Å²) in [6, 6.07) is 0. The summed E-state index contributed by atoms with van der Waals surface area (Å²) in [7, 11) is 0. The van der Waals surface area contributed by atoms with Crippen molar-refractivity contribution in [3.05, 3.63) is 0 Å². The van der Waals surface area contributed by atoms with Gasteiger partial charge in [-0.1, -0.05) is 174 Å². The van der Waals surface area contributed by atoms with Crippen LogP contribution in [0, 0.1) is 5.92 Å². The van der Waals surface area contributed by atoms with E-state index in [1.165, 1.54) is 193 Å². The summed E-state index contributed by atoms with van der Waals surface area (Å²) < 4.78 is 0. The third-order valence-corrected chi connectivity index (χ3v) is 8.15. The van der Waals surface area contributed by atoms with Gasteiger partial charge in [0.1, 0.15) is 0 Å². The van der Waals surface area contributed by atoms with Crippen LogP contribution < -0.4 is 5.32 Å². The van der Waals surface area contributed by atoms with Crippen LogP contribution in [0.5, 0.6) is 0 Å². The first kappa shape index (κ1) is 31.0. The molecule has 0 spiro atoms. The third-order valence-electron chi connectivity index (χ3n) is 8.15. The van der Waals surface area contributed by atoms with Crippen molar-refractivity contribution in [1.29, 1.82) is 0 Å². The predicted molar refractivity (Wildman–Crippen MR) is 151 cm³/mol. The monoisotopic (exact) mass is 464 g/mol. The molecule has 0 aromatic heterocycles. The Hall–Kier alpha value is -0.0400. The van der Waals surface area contributed by atoms with Gasteiger partial charge in [-0.05, 0) is 31.8 Å². The summed E-state index contributed by atoms with van der Waals surface area (Å²) in [4.78, 5) is 0. The lowest BCUT2D eigenvalue weighted by Crippen LogP contribution is -2.16. The standard InChI is InChI=1S/C32H65N/c1-2-3-4-20-25-30-33-31-26-21-16-12-11-15-19-24-29-32-27-22-17-13-9-7-5-6-8-10-14-18-23-28-32/h32-33H,2-31H2,1H3. The molecule has 1 rings (SSSR count). The van der Waals surface area contributed by atoms with Gasteiger partial charge in [0.2, 0.25) is 0 Å². The fourth-order valence-corrected chi connectivity index (χ4v) is 5.79. The molecule has 0 radical (unpaired) electrons. The summed E-state index contributed by atoms with van der Waals surface area (Å²) in [6.45, 7) is 4.78. The van der Waals surface area contributed by atoms with E-state index in [-0.39, 0.29) is 0 Å². The molecule has 1 aliphatic rings.